The molecule has 0 aromatic carbocycles. The highest BCUT2D eigenvalue weighted by atomic mass is 79.9. The molecule has 116 valence electrons. The van der Waals surface area contributed by atoms with E-state index in [1.54, 1.807) is 17.9 Å². The smallest absolute Gasteiger partial charge is 0.246 e. The number of nitrogens with two attached hydrogens (primary N) is 1. The molecule has 0 aliphatic carbocycles. The number of aryl methyl sites for hydroxylation is 1. The van der Waals surface area contributed by atoms with Gasteiger partial charge in [0.2, 0.25) is 10.0 Å². The number of rotatable bonds is 7. The summed E-state index contributed by atoms with van der Waals surface area (Å²) in [4.78, 5) is 0.205. The van der Waals surface area contributed by atoms with Gasteiger partial charge >= 0.3 is 0 Å². The molecule has 0 aliphatic heterocycles. The lowest BCUT2D eigenvalue weighted by Gasteiger charge is -2.15. The highest BCUT2D eigenvalue weighted by Gasteiger charge is 2.23. The number of thiophene rings is 1. The Kier molecular flexibility index (Phi) is 5.55. The van der Waals surface area contributed by atoms with Crippen molar-refractivity contribution >= 4 is 37.3 Å². The molecule has 0 atom stereocenters. The zero-order valence-corrected chi connectivity index (χ0v) is 14.8. The molecule has 0 unspecified atom stereocenters. The van der Waals surface area contributed by atoms with Crippen LogP contribution in [0.5, 0.6) is 0 Å². The Morgan fingerprint density at radius 3 is 2.90 bits per heavy atom. The van der Waals surface area contributed by atoms with Gasteiger partial charge in [-0.2, -0.15) is 9.40 Å². The van der Waals surface area contributed by atoms with Crippen molar-refractivity contribution < 1.29 is 8.42 Å². The molecule has 0 bridgehead atoms. The summed E-state index contributed by atoms with van der Waals surface area (Å²) < 4.78 is 28.9. The monoisotopic (exact) mass is 392 g/mol. The van der Waals surface area contributed by atoms with Crippen LogP contribution in [0.2, 0.25) is 0 Å². The lowest BCUT2D eigenvalue weighted by atomic mass is 10.3. The van der Waals surface area contributed by atoms with E-state index in [9.17, 15) is 8.42 Å². The fourth-order valence-corrected chi connectivity index (χ4v) is 4.12. The van der Waals surface area contributed by atoms with E-state index in [2.05, 4.69) is 21.0 Å². The van der Waals surface area contributed by atoms with Crippen molar-refractivity contribution in [1.29, 1.82) is 0 Å². The molecule has 9 heteroatoms. The summed E-state index contributed by atoms with van der Waals surface area (Å²) in [5.74, 6) is 0. The molecule has 2 heterocycles. The SMILES string of the molecule is CN(Cc1csc(Br)c1)S(=O)(=O)c1cnn(CCCN)c1. The van der Waals surface area contributed by atoms with Crippen LogP contribution in [0.3, 0.4) is 0 Å². The average Bonchev–Trinajstić information content (AvgIpc) is 3.06. The maximum atomic E-state index is 12.5. The summed E-state index contributed by atoms with van der Waals surface area (Å²) in [6, 6.07) is 1.92. The predicted molar refractivity (Wildman–Crippen MR) is 86.6 cm³/mol. The standard InChI is InChI=1S/C12H17BrN4O2S2/c1-16(7-10-5-12(13)20-9-10)21(18,19)11-6-15-17(8-11)4-2-3-14/h5-6,8-9H,2-4,7,14H2,1H3. The summed E-state index contributed by atoms with van der Waals surface area (Å²) >= 11 is 4.90. The van der Waals surface area contributed by atoms with E-state index in [0.717, 1.165) is 15.8 Å². The third-order valence-electron chi connectivity index (χ3n) is 2.94. The van der Waals surface area contributed by atoms with Gasteiger partial charge in [0, 0.05) is 26.3 Å². The summed E-state index contributed by atoms with van der Waals surface area (Å²) in [5.41, 5.74) is 6.39. The number of aromatic nitrogens is 2. The van der Waals surface area contributed by atoms with Crippen LogP contribution in [-0.2, 0) is 23.1 Å². The minimum Gasteiger partial charge on any atom is -0.330 e. The molecular weight excluding hydrogens is 376 g/mol. The summed E-state index contributed by atoms with van der Waals surface area (Å²) in [6.07, 6.45) is 3.69. The summed E-state index contributed by atoms with van der Waals surface area (Å²) in [5, 5.41) is 5.99. The van der Waals surface area contributed by atoms with E-state index in [1.807, 2.05) is 11.4 Å². The maximum Gasteiger partial charge on any atom is 0.246 e. The van der Waals surface area contributed by atoms with E-state index >= 15 is 0 Å². The molecule has 0 saturated carbocycles. The quantitative estimate of drug-likeness (QED) is 0.779. The zero-order valence-electron chi connectivity index (χ0n) is 11.6. The average molecular weight is 393 g/mol. The molecule has 2 aromatic heterocycles. The second-order valence-electron chi connectivity index (χ2n) is 4.60. The molecule has 0 fully saturated rings. The molecule has 2 N–H and O–H groups in total. The van der Waals surface area contributed by atoms with Gasteiger partial charge in [-0.1, -0.05) is 0 Å². The lowest BCUT2D eigenvalue weighted by Crippen LogP contribution is -2.26. The fourth-order valence-electron chi connectivity index (χ4n) is 1.80. The van der Waals surface area contributed by atoms with E-state index < -0.39 is 10.0 Å². The Balaban J connectivity index is 2.11. The first kappa shape index (κ1) is 16.6. The Labute approximate surface area is 136 Å². The van der Waals surface area contributed by atoms with Crippen molar-refractivity contribution in [3.05, 3.63) is 33.2 Å². The number of hydrogen-bond acceptors (Lipinski definition) is 5. The van der Waals surface area contributed by atoms with Crippen LogP contribution in [0.4, 0.5) is 0 Å². The number of sulfonamides is 1. The largest absolute Gasteiger partial charge is 0.330 e. The maximum absolute atomic E-state index is 12.5. The van der Waals surface area contributed by atoms with Crippen molar-refractivity contribution in [1.82, 2.24) is 14.1 Å². The van der Waals surface area contributed by atoms with Crippen LogP contribution in [-0.4, -0.2) is 36.1 Å². The number of nitrogens with zero attached hydrogens (tertiary/aromatic N) is 3. The first-order valence-corrected chi connectivity index (χ1v) is 9.46. The second-order valence-corrected chi connectivity index (χ2v) is 8.94. The van der Waals surface area contributed by atoms with Gasteiger partial charge in [-0.25, -0.2) is 8.42 Å². The van der Waals surface area contributed by atoms with Gasteiger partial charge in [0.1, 0.15) is 4.90 Å². The van der Waals surface area contributed by atoms with Gasteiger partial charge in [0.05, 0.1) is 9.98 Å². The number of halogens is 1. The van der Waals surface area contributed by atoms with Gasteiger partial charge in [0.25, 0.3) is 0 Å². The van der Waals surface area contributed by atoms with Crippen LogP contribution in [0.1, 0.15) is 12.0 Å². The van der Waals surface area contributed by atoms with Crippen LogP contribution < -0.4 is 5.73 Å². The first-order valence-electron chi connectivity index (χ1n) is 6.35. The molecule has 2 aromatic rings. The van der Waals surface area contributed by atoms with Gasteiger partial charge in [0.15, 0.2) is 0 Å². The molecule has 0 amide bonds. The first-order chi connectivity index (χ1) is 9.93. The molecule has 0 radical (unpaired) electrons. The van der Waals surface area contributed by atoms with Crippen LogP contribution in [0, 0.1) is 0 Å². The Morgan fingerprint density at radius 1 is 1.52 bits per heavy atom. The Morgan fingerprint density at radius 2 is 2.29 bits per heavy atom. The summed E-state index contributed by atoms with van der Waals surface area (Å²) in [7, 11) is -1.96. The highest BCUT2D eigenvalue weighted by Crippen LogP contribution is 2.23. The van der Waals surface area contributed by atoms with Crippen LogP contribution in [0.15, 0.2) is 32.5 Å². The van der Waals surface area contributed by atoms with Crippen molar-refractivity contribution in [3.63, 3.8) is 0 Å². The van der Waals surface area contributed by atoms with Gasteiger partial charge in [-0.05, 0) is 45.9 Å². The molecule has 21 heavy (non-hydrogen) atoms. The molecule has 0 spiro atoms. The van der Waals surface area contributed by atoms with Crippen molar-refractivity contribution in [3.8, 4) is 0 Å². The molecule has 0 aliphatic rings. The topological polar surface area (TPSA) is 81.2 Å². The lowest BCUT2D eigenvalue weighted by molar-refractivity contribution is 0.467. The van der Waals surface area contributed by atoms with Crippen LogP contribution >= 0.6 is 27.3 Å². The van der Waals surface area contributed by atoms with E-state index in [0.29, 0.717) is 19.6 Å². The highest BCUT2D eigenvalue weighted by molar-refractivity contribution is 9.11. The fraction of sp³-hybridized carbons (Fsp3) is 0.417. The van der Waals surface area contributed by atoms with Crippen molar-refractivity contribution in [2.75, 3.05) is 13.6 Å². The van der Waals surface area contributed by atoms with Gasteiger partial charge < -0.3 is 5.73 Å². The minimum absolute atomic E-state index is 0.205. The van der Waals surface area contributed by atoms with Gasteiger partial charge in [-0.3, -0.25) is 4.68 Å². The molecular formula is C12H17BrN4O2S2. The van der Waals surface area contributed by atoms with E-state index in [-0.39, 0.29) is 4.90 Å². The Hall–Kier alpha value is -0.740. The predicted octanol–water partition coefficient (Wildman–Crippen LogP) is 1.88. The van der Waals surface area contributed by atoms with Gasteiger partial charge in [-0.15, -0.1) is 11.3 Å². The normalized spacial score (nSPS) is 12.2. The van der Waals surface area contributed by atoms with Crippen molar-refractivity contribution in [2.45, 2.75) is 24.4 Å². The van der Waals surface area contributed by atoms with E-state index in [1.165, 1.54) is 21.8 Å². The third-order valence-corrected chi connectivity index (χ3v) is 6.25. The van der Waals surface area contributed by atoms with E-state index in [4.69, 9.17) is 5.73 Å². The third kappa shape index (κ3) is 4.13. The summed E-state index contributed by atoms with van der Waals surface area (Å²) in [6.45, 7) is 1.50. The minimum atomic E-state index is -3.52. The van der Waals surface area contributed by atoms with Crippen molar-refractivity contribution in [2.24, 2.45) is 5.73 Å². The molecule has 6 nitrogen and oxygen atoms in total. The second kappa shape index (κ2) is 7.01. The molecule has 2 rings (SSSR count). The molecule has 0 saturated heterocycles. The Bertz CT molecular complexity index is 696. The number of hydrogen-bond donors (Lipinski definition) is 1. The van der Waals surface area contributed by atoms with Crippen LogP contribution in [0.25, 0.3) is 0 Å². The zero-order chi connectivity index (χ0) is 15.5.